The van der Waals surface area contributed by atoms with Crippen LogP contribution < -0.4 is 0 Å². The molecule has 0 saturated heterocycles. The second-order valence-electron chi connectivity index (χ2n) is 4.90. The van der Waals surface area contributed by atoms with Gasteiger partial charge in [-0.3, -0.25) is 0 Å². The molecule has 0 spiro atoms. The van der Waals surface area contributed by atoms with Gasteiger partial charge >= 0.3 is 0 Å². The van der Waals surface area contributed by atoms with E-state index in [1.165, 1.54) is 0 Å². The molecule has 1 heterocycles. The Morgan fingerprint density at radius 1 is 1.31 bits per heavy atom. The van der Waals surface area contributed by atoms with E-state index in [0.717, 1.165) is 34.6 Å². The second-order valence-corrected chi connectivity index (χ2v) is 5.30. The lowest BCUT2D eigenvalue weighted by Gasteiger charge is -2.20. The third-order valence-corrected chi connectivity index (χ3v) is 3.38. The van der Waals surface area contributed by atoms with Gasteiger partial charge in [0.25, 0.3) is 0 Å². The Morgan fingerprint density at radius 3 is 2.69 bits per heavy atom. The molecule has 1 aromatic carbocycles. The smallest absolute Gasteiger partial charge is 0.135 e. The van der Waals surface area contributed by atoms with Crippen molar-refractivity contribution < 1.29 is 4.42 Å². The third kappa shape index (κ3) is 1.97. The zero-order valence-electron chi connectivity index (χ0n) is 10.0. The summed E-state index contributed by atoms with van der Waals surface area (Å²) in [4.78, 5) is 0. The van der Waals surface area contributed by atoms with Crippen LogP contribution in [0.4, 0.5) is 0 Å². The van der Waals surface area contributed by atoms with E-state index < -0.39 is 0 Å². The molecule has 0 aliphatic heterocycles. The molecule has 0 fully saturated rings. The molecule has 86 valence electrons. The molecule has 0 aliphatic rings. The molecule has 0 radical (unpaired) electrons. The predicted molar refractivity (Wildman–Crippen MR) is 69.2 cm³/mol. The number of hydrogen-bond acceptors (Lipinski definition) is 1. The Balaban J connectivity index is 2.51. The van der Waals surface area contributed by atoms with Gasteiger partial charge < -0.3 is 4.42 Å². The summed E-state index contributed by atoms with van der Waals surface area (Å²) in [5.74, 6) is 1.03. The zero-order chi connectivity index (χ0) is 11.8. The molecule has 2 rings (SSSR count). The Kier molecular flexibility index (Phi) is 2.98. The van der Waals surface area contributed by atoms with Crippen LogP contribution in [-0.2, 0) is 5.41 Å². The van der Waals surface area contributed by atoms with Crippen LogP contribution in [0, 0.1) is 0 Å². The molecule has 0 atom stereocenters. The Bertz CT molecular complexity index is 496. The van der Waals surface area contributed by atoms with Gasteiger partial charge in [-0.2, -0.15) is 0 Å². The van der Waals surface area contributed by atoms with Crippen molar-refractivity contribution in [1.29, 1.82) is 0 Å². The van der Waals surface area contributed by atoms with Crippen molar-refractivity contribution in [2.45, 2.75) is 39.0 Å². The highest BCUT2D eigenvalue weighted by atomic mass is 35.5. The van der Waals surface area contributed by atoms with Crippen molar-refractivity contribution in [3.63, 3.8) is 0 Å². The van der Waals surface area contributed by atoms with E-state index in [4.69, 9.17) is 16.0 Å². The predicted octanol–water partition coefficient (Wildman–Crippen LogP) is 5.16. The van der Waals surface area contributed by atoms with E-state index >= 15 is 0 Å². The summed E-state index contributed by atoms with van der Waals surface area (Å²) in [7, 11) is 0. The van der Waals surface area contributed by atoms with Gasteiger partial charge in [-0.15, -0.1) is 0 Å². The molecular weight excluding hydrogens is 220 g/mol. The lowest BCUT2D eigenvalue weighted by atomic mass is 9.85. The van der Waals surface area contributed by atoms with Crippen LogP contribution in [-0.4, -0.2) is 0 Å². The third-order valence-electron chi connectivity index (χ3n) is 3.05. The van der Waals surface area contributed by atoms with Crippen LogP contribution in [0.25, 0.3) is 11.0 Å². The molecule has 0 bridgehead atoms. The van der Waals surface area contributed by atoms with Crippen molar-refractivity contribution in [3.8, 4) is 0 Å². The number of furan rings is 1. The van der Waals surface area contributed by atoms with Gasteiger partial charge in [0.15, 0.2) is 0 Å². The first kappa shape index (κ1) is 11.5. The number of halogens is 1. The van der Waals surface area contributed by atoms with Crippen molar-refractivity contribution >= 4 is 22.6 Å². The van der Waals surface area contributed by atoms with Crippen LogP contribution in [0.1, 0.15) is 39.4 Å². The quantitative estimate of drug-likeness (QED) is 0.717. The van der Waals surface area contributed by atoms with Gasteiger partial charge in [0.1, 0.15) is 11.3 Å². The van der Waals surface area contributed by atoms with Crippen molar-refractivity contribution in [2.75, 3.05) is 0 Å². The van der Waals surface area contributed by atoms with E-state index in [1.54, 1.807) is 0 Å². The number of benzene rings is 1. The van der Waals surface area contributed by atoms with Gasteiger partial charge in [-0.25, -0.2) is 0 Å². The minimum atomic E-state index is 0.0805. The minimum Gasteiger partial charge on any atom is -0.460 e. The molecule has 16 heavy (non-hydrogen) atoms. The molecule has 1 aromatic heterocycles. The normalized spacial score (nSPS) is 12.2. The van der Waals surface area contributed by atoms with Crippen LogP contribution in [0.5, 0.6) is 0 Å². The van der Waals surface area contributed by atoms with Gasteiger partial charge in [-0.05, 0) is 24.6 Å². The minimum absolute atomic E-state index is 0.0805. The summed E-state index contributed by atoms with van der Waals surface area (Å²) in [5, 5.41) is 1.78. The van der Waals surface area contributed by atoms with Crippen molar-refractivity contribution in [3.05, 3.63) is 35.0 Å². The number of fused-ring (bicyclic) bond motifs is 1. The Morgan fingerprint density at radius 2 is 2.06 bits per heavy atom. The molecule has 2 aromatic rings. The van der Waals surface area contributed by atoms with E-state index in [0.29, 0.717) is 0 Å². The van der Waals surface area contributed by atoms with Crippen molar-refractivity contribution in [1.82, 2.24) is 0 Å². The average molecular weight is 237 g/mol. The Labute approximate surface area is 101 Å². The molecular formula is C14H17ClO. The molecule has 0 amide bonds. The van der Waals surface area contributed by atoms with Crippen LogP contribution in [0.2, 0.25) is 5.02 Å². The largest absolute Gasteiger partial charge is 0.460 e. The van der Waals surface area contributed by atoms with Crippen LogP contribution in [0.3, 0.4) is 0 Å². The zero-order valence-corrected chi connectivity index (χ0v) is 10.8. The molecule has 2 heteroatoms. The summed E-state index contributed by atoms with van der Waals surface area (Å²) < 4.78 is 5.88. The Hall–Kier alpha value is -0.950. The monoisotopic (exact) mass is 236 g/mol. The number of rotatable bonds is 3. The highest BCUT2D eigenvalue weighted by Crippen LogP contribution is 2.35. The summed E-state index contributed by atoms with van der Waals surface area (Å²) in [6.07, 6.45) is 2.27. The first-order chi connectivity index (χ1) is 7.54. The molecule has 0 unspecified atom stereocenters. The first-order valence-corrected chi connectivity index (χ1v) is 6.11. The van der Waals surface area contributed by atoms with Gasteiger partial charge in [0.2, 0.25) is 0 Å². The van der Waals surface area contributed by atoms with E-state index in [9.17, 15) is 0 Å². The topological polar surface area (TPSA) is 13.1 Å². The summed E-state index contributed by atoms with van der Waals surface area (Å²) in [6, 6.07) is 7.86. The summed E-state index contributed by atoms with van der Waals surface area (Å²) >= 11 is 6.14. The van der Waals surface area contributed by atoms with E-state index in [1.807, 2.05) is 18.2 Å². The van der Waals surface area contributed by atoms with Gasteiger partial charge in [0.05, 0.1) is 5.02 Å². The maximum Gasteiger partial charge on any atom is 0.135 e. The summed E-state index contributed by atoms with van der Waals surface area (Å²) in [5.41, 5.74) is 0.962. The average Bonchev–Trinajstić information content (AvgIpc) is 2.63. The van der Waals surface area contributed by atoms with Crippen LogP contribution >= 0.6 is 11.6 Å². The highest BCUT2D eigenvalue weighted by molar-refractivity contribution is 6.35. The lowest BCUT2D eigenvalue weighted by Crippen LogP contribution is -2.15. The fraction of sp³-hybridized carbons (Fsp3) is 0.429. The van der Waals surface area contributed by atoms with E-state index in [2.05, 4.69) is 26.8 Å². The first-order valence-electron chi connectivity index (χ1n) is 5.73. The molecule has 1 nitrogen and oxygen atoms in total. The second kappa shape index (κ2) is 4.14. The van der Waals surface area contributed by atoms with Gasteiger partial charge in [-0.1, -0.05) is 44.9 Å². The fourth-order valence-corrected chi connectivity index (χ4v) is 2.33. The highest BCUT2D eigenvalue weighted by Gasteiger charge is 2.24. The lowest BCUT2D eigenvalue weighted by molar-refractivity contribution is 0.375. The standard InChI is InChI=1S/C14H17ClO/c1-4-8-14(2,3)13-9-10-11(15)6-5-7-12(10)16-13/h5-7,9H,4,8H2,1-3H3. The van der Waals surface area contributed by atoms with Gasteiger partial charge in [0, 0.05) is 10.8 Å². The summed E-state index contributed by atoms with van der Waals surface area (Å²) in [6.45, 7) is 6.61. The maximum atomic E-state index is 6.14. The maximum absolute atomic E-state index is 6.14. The van der Waals surface area contributed by atoms with Crippen molar-refractivity contribution in [2.24, 2.45) is 0 Å². The fourth-order valence-electron chi connectivity index (χ4n) is 2.11. The number of hydrogen-bond donors (Lipinski definition) is 0. The molecule has 0 N–H and O–H groups in total. The molecule has 0 aliphatic carbocycles. The van der Waals surface area contributed by atoms with E-state index in [-0.39, 0.29) is 5.41 Å². The SMILES string of the molecule is CCCC(C)(C)c1cc2c(Cl)cccc2o1. The molecule has 0 saturated carbocycles. The van der Waals surface area contributed by atoms with Crippen LogP contribution in [0.15, 0.2) is 28.7 Å².